The highest BCUT2D eigenvalue weighted by Crippen LogP contribution is 2.39. The van der Waals surface area contributed by atoms with Gasteiger partial charge in [-0.1, -0.05) is 34.8 Å². The van der Waals surface area contributed by atoms with Gasteiger partial charge in [0.05, 0.1) is 28.7 Å². The first-order valence-corrected chi connectivity index (χ1v) is 15.1. The second kappa shape index (κ2) is 14.4. The molecule has 2 aromatic carbocycles. The summed E-state index contributed by atoms with van der Waals surface area (Å²) in [5.41, 5.74) is -2.48. The highest BCUT2D eigenvalue weighted by Gasteiger charge is 2.27. The zero-order valence-corrected chi connectivity index (χ0v) is 27.2. The van der Waals surface area contributed by atoms with Crippen molar-refractivity contribution in [1.29, 1.82) is 0 Å². The fourth-order valence-corrected chi connectivity index (χ4v) is 5.67. The summed E-state index contributed by atoms with van der Waals surface area (Å²) < 4.78 is 96.3. The van der Waals surface area contributed by atoms with Crippen molar-refractivity contribution in [2.24, 2.45) is 0 Å². The Bertz CT molecular complexity index is 2280. The molecule has 0 amide bonds. The van der Waals surface area contributed by atoms with Gasteiger partial charge in [-0.3, -0.25) is 9.59 Å². The van der Waals surface area contributed by atoms with Crippen molar-refractivity contribution >= 4 is 34.8 Å². The summed E-state index contributed by atoms with van der Waals surface area (Å²) in [6, 6.07) is 4.55. The summed E-state index contributed by atoms with van der Waals surface area (Å²) in [4.78, 5) is 32.1. The molecule has 0 fully saturated rings. The van der Waals surface area contributed by atoms with Gasteiger partial charge in [0, 0.05) is 48.5 Å². The van der Waals surface area contributed by atoms with Gasteiger partial charge in [0.1, 0.15) is 44.9 Å². The van der Waals surface area contributed by atoms with Gasteiger partial charge in [-0.15, -0.1) is 0 Å². The number of nitrogens with zero attached hydrogens (tertiary/aromatic N) is 4. The van der Waals surface area contributed by atoms with E-state index in [9.17, 15) is 35.9 Å². The van der Waals surface area contributed by atoms with Crippen LogP contribution < -0.4 is 11.1 Å². The van der Waals surface area contributed by atoms with E-state index in [1.807, 2.05) is 0 Å². The lowest BCUT2D eigenvalue weighted by Gasteiger charge is -2.17. The van der Waals surface area contributed by atoms with Crippen LogP contribution in [0.4, 0.5) is 26.3 Å². The monoisotopic (exact) mass is 742 g/mol. The number of halogens is 9. The van der Waals surface area contributed by atoms with E-state index in [-0.39, 0.29) is 62.3 Å². The van der Waals surface area contributed by atoms with Gasteiger partial charge >= 0.3 is 0 Å². The summed E-state index contributed by atoms with van der Waals surface area (Å²) in [6.07, 6.45) is 3.48. The molecule has 0 spiro atoms. The predicted molar refractivity (Wildman–Crippen MR) is 169 cm³/mol. The number of hydrogen-bond donors (Lipinski definition) is 0. The molecular formula is C32H19Cl3F6N4O4. The van der Waals surface area contributed by atoms with E-state index in [2.05, 4.69) is 9.97 Å². The Morgan fingerprint density at radius 1 is 0.653 bits per heavy atom. The highest BCUT2D eigenvalue weighted by atomic mass is 35.5. The lowest BCUT2D eigenvalue weighted by Crippen LogP contribution is -2.23. The van der Waals surface area contributed by atoms with Gasteiger partial charge in [0.15, 0.2) is 29.5 Å². The molecule has 0 unspecified atom stereocenters. The van der Waals surface area contributed by atoms with Crippen molar-refractivity contribution in [1.82, 2.24) is 19.1 Å². The van der Waals surface area contributed by atoms with E-state index in [1.54, 1.807) is 13.8 Å². The lowest BCUT2D eigenvalue weighted by atomic mass is 10.0. The van der Waals surface area contributed by atoms with Crippen LogP contribution in [0.15, 0.2) is 73.8 Å². The number of benzene rings is 2. The molecule has 4 heterocycles. The molecule has 0 N–H and O–H groups in total. The summed E-state index contributed by atoms with van der Waals surface area (Å²) in [5, 5.41) is -0.424. The molecular weight excluding hydrogens is 725 g/mol. The Hall–Kier alpha value is -4.79. The largest absolute Gasteiger partial charge is 0.443 e. The first kappa shape index (κ1) is 35.5. The molecule has 4 aromatic heterocycles. The second-order valence-corrected chi connectivity index (χ2v) is 11.1. The summed E-state index contributed by atoms with van der Waals surface area (Å²) >= 11 is 17.8. The van der Waals surface area contributed by atoms with Crippen LogP contribution in [0.5, 0.6) is 0 Å². The maximum atomic E-state index is 14.4. The molecule has 0 atom stereocenters. The van der Waals surface area contributed by atoms with Gasteiger partial charge in [0.25, 0.3) is 11.1 Å². The first-order valence-electron chi connectivity index (χ1n) is 13.9. The van der Waals surface area contributed by atoms with E-state index in [0.29, 0.717) is 24.3 Å². The average Bonchev–Trinajstić information content (AvgIpc) is 3.72. The van der Waals surface area contributed by atoms with Crippen LogP contribution in [0, 0.1) is 34.9 Å². The number of hydrogen-bond acceptors (Lipinski definition) is 6. The fraction of sp³-hybridized carbons (Fsp3) is 0.125. The molecule has 0 saturated heterocycles. The zero-order chi connectivity index (χ0) is 35.7. The normalized spacial score (nSPS) is 11.1. The van der Waals surface area contributed by atoms with E-state index < -0.39 is 57.1 Å². The van der Waals surface area contributed by atoms with Crippen molar-refractivity contribution in [3.63, 3.8) is 0 Å². The topological polar surface area (TPSA) is 96.1 Å². The minimum absolute atomic E-state index is 0.0242. The molecule has 0 aliphatic heterocycles. The zero-order valence-electron chi connectivity index (χ0n) is 24.9. The summed E-state index contributed by atoms with van der Waals surface area (Å²) in [7, 11) is 0. The van der Waals surface area contributed by atoms with Crippen LogP contribution in [0.3, 0.4) is 0 Å². The molecule has 0 aliphatic carbocycles. The van der Waals surface area contributed by atoms with Crippen molar-refractivity contribution < 1.29 is 35.2 Å². The molecule has 8 nitrogen and oxygen atoms in total. The van der Waals surface area contributed by atoms with Crippen molar-refractivity contribution in [2.75, 3.05) is 0 Å². The van der Waals surface area contributed by atoms with Crippen LogP contribution in [0.25, 0.3) is 45.2 Å². The molecule has 0 saturated carbocycles. The summed E-state index contributed by atoms with van der Waals surface area (Å²) in [5.74, 6) is -6.65. The molecule has 6 rings (SSSR count). The smallest absolute Gasteiger partial charge is 0.269 e. The maximum Gasteiger partial charge on any atom is 0.269 e. The third-order valence-electron chi connectivity index (χ3n) is 7.08. The Labute approximate surface area is 286 Å². The van der Waals surface area contributed by atoms with Crippen molar-refractivity contribution in [3.8, 4) is 45.2 Å². The van der Waals surface area contributed by atoms with Crippen LogP contribution >= 0.6 is 34.8 Å². The standard InChI is InChI=1S/C16H9Cl2F3N2O2.C16H10ClF3N2O2/c1-2-23-13(12-10(20)3-7(19)4-11(12)21)8(5-9(17)16(23)24)14-15(18)22-6-25-14;1-2-22-15(14-11(19)3-8(18)4-12(14)20)9(5-10(17)16(22)23)13-6-21-7-24-13/h3-6H,2H2,1H3;3-7H,2H2,1H3. The van der Waals surface area contributed by atoms with E-state index >= 15 is 0 Å². The minimum Gasteiger partial charge on any atom is -0.443 e. The molecule has 254 valence electrons. The lowest BCUT2D eigenvalue weighted by molar-refractivity contribution is 0.543. The molecule has 49 heavy (non-hydrogen) atoms. The molecule has 0 aliphatic rings. The SMILES string of the molecule is CCn1c(-c2c(F)cc(F)cc2F)c(-c2cnco2)cc(Cl)c1=O.CCn1c(-c2c(F)cc(F)cc2F)c(-c2ocnc2Cl)cc(Cl)c1=O. The van der Waals surface area contributed by atoms with Crippen LogP contribution in [0.2, 0.25) is 15.2 Å². The van der Waals surface area contributed by atoms with Crippen LogP contribution in [-0.2, 0) is 13.1 Å². The Kier molecular flexibility index (Phi) is 10.4. The van der Waals surface area contributed by atoms with Crippen LogP contribution in [-0.4, -0.2) is 19.1 Å². The van der Waals surface area contributed by atoms with Crippen molar-refractivity contribution in [3.05, 3.63) is 126 Å². The Balaban J connectivity index is 0.000000191. The predicted octanol–water partition coefficient (Wildman–Crippen LogP) is 9.18. The minimum atomic E-state index is -1.18. The highest BCUT2D eigenvalue weighted by molar-refractivity contribution is 6.32. The Morgan fingerprint density at radius 2 is 1.10 bits per heavy atom. The Morgan fingerprint density at radius 3 is 1.49 bits per heavy atom. The van der Waals surface area contributed by atoms with E-state index in [4.69, 9.17) is 43.6 Å². The van der Waals surface area contributed by atoms with Gasteiger partial charge in [-0.25, -0.2) is 36.3 Å². The number of aromatic nitrogens is 4. The first-order chi connectivity index (χ1) is 23.3. The maximum absolute atomic E-state index is 14.4. The number of rotatable bonds is 6. The fourth-order valence-electron chi connectivity index (χ4n) is 5.06. The van der Waals surface area contributed by atoms with Gasteiger partial charge in [-0.2, -0.15) is 0 Å². The molecule has 0 bridgehead atoms. The summed E-state index contributed by atoms with van der Waals surface area (Å²) in [6.45, 7) is 3.34. The second-order valence-electron chi connectivity index (χ2n) is 9.93. The third kappa shape index (κ3) is 6.76. The average molecular weight is 744 g/mol. The molecule has 17 heteroatoms. The number of oxazole rings is 2. The van der Waals surface area contributed by atoms with Gasteiger partial charge in [0.2, 0.25) is 0 Å². The van der Waals surface area contributed by atoms with Gasteiger partial charge in [-0.05, 0) is 26.0 Å². The third-order valence-corrected chi connectivity index (χ3v) is 7.89. The van der Waals surface area contributed by atoms with Gasteiger partial charge < -0.3 is 18.0 Å². The number of pyridine rings is 2. The molecule has 6 aromatic rings. The molecule has 0 radical (unpaired) electrons. The van der Waals surface area contributed by atoms with Crippen LogP contribution in [0.1, 0.15) is 13.8 Å². The van der Waals surface area contributed by atoms with Crippen molar-refractivity contribution in [2.45, 2.75) is 26.9 Å². The van der Waals surface area contributed by atoms with E-state index in [1.165, 1.54) is 18.3 Å². The quantitative estimate of drug-likeness (QED) is 0.158. The van der Waals surface area contributed by atoms with E-state index in [0.717, 1.165) is 21.9 Å².